The molecule has 4 nitrogen and oxygen atoms in total. The number of rotatable bonds is 4. The molecule has 0 aliphatic carbocycles. The van der Waals surface area contributed by atoms with Crippen molar-refractivity contribution in [3.05, 3.63) is 0 Å². The Hall–Kier alpha value is -1.06. The number of hydrogen-bond acceptors (Lipinski definition) is 2. The topological polar surface area (TPSA) is 57.6 Å². The van der Waals surface area contributed by atoms with Gasteiger partial charge in [0.05, 0.1) is 5.92 Å². The number of carboxylic acids is 1. The highest BCUT2D eigenvalue weighted by molar-refractivity contribution is 5.78. The summed E-state index contributed by atoms with van der Waals surface area (Å²) in [4.78, 5) is 24.3. The van der Waals surface area contributed by atoms with Gasteiger partial charge in [-0.2, -0.15) is 0 Å². The maximum absolute atomic E-state index is 11.8. The van der Waals surface area contributed by atoms with E-state index in [0.29, 0.717) is 25.9 Å². The summed E-state index contributed by atoms with van der Waals surface area (Å²) in [6.07, 6.45) is 3.05. The molecule has 98 valence electrons. The normalized spacial score (nSPS) is 20.6. The smallest absolute Gasteiger partial charge is 0.308 e. The molecule has 1 fully saturated rings. The molecule has 0 aromatic heterocycles. The lowest BCUT2D eigenvalue weighted by Gasteiger charge is -2.19. The number of amides is 1. The Balaban J connectivity index is 2.28. The van der Waals surface area contributed by atoms with Crippen LogP contribution in [0.3, 0.4) is 0 Å². The average molecular weight is 241 g/mol. The first-order chi connectivity index (χ1) is 7.79. The molecule has 1 aliphatic heterocycles. The van der Waals surface area contributed by atoms with Gasteiger partial charge in [-0.3, -0.25) is 9.59 Å². The monoisotopic (exact) mass is 241 g/mol. The zero-order valence-electron chi connectivity index (χ0n) is 11.0. The second-order valence-corrected chi connectivity index (χ2v) is 6.08. The molecule has 17 heavy (non-hydrogen) atoms. The summed E-state index contributed by atoms with van der Waals surface area (Å²) in [6.45, 7) is 7.48. The summed E-state index contributed by atoms with van der Waals surface area (Å²) >= 11 is 0. The van der Waals surface area contributed by atoms with Gasteiger partial charge in [0.15, 0.2) is 0 Å². The minimum atomic E-state index is -0.782. The predicted octanol–water partition coefficient (Wildman–Crippen LogP) is 2.14. The van der Waals surface area contributed by atoms with E-state index in [1.54, 1.807) is 4.90 Å². The fourth-order valence-electron chi connectivity index (χ4n) is 2.12. The highest BCUT2D eigenvalue weighted by Crippen LogP contribution is 2.23. The minimum Gasteiger partial charge on any atom is -0.481 e. The van der Waals surface area contributed by atoms with Gasteiger partial charge >= 0.3 is 5.97 Å². The number of hydrogen-bond donors (Lipinski definition) is 1. The Labute approximate surface area is 103 Å². The van der Waals surface area contributed by atoms with Crippen LogP contribution in [0.25, 0.3) is 0 Å². The Kier molecular flexibility index (Phi) is 4.54. The van der Waals surface area contributed by atoms with E-state index < -0.39 is 5.97 Å². The fourth-order valence-corrected chi connectivity index (χ4v) is 2.12. The molecule has 0 aromatic carbocycles. The third kappa shape index (κ3) is 4.75. The van der Waals surface area contributed by atoms with Gasteiger partial charge in [-0.05, 0) is 24.7 Å². The summed E-state index contributed by atoms with van der Waals surface area (Å²) in [5, 5.41) is 8.86. The molecule has 1 unspecified atom stereocenters. The zero-order chi connectivity index (χ0) is 13.1. The Morgan fingerprint density at radius 2 is 2.00 bits per heavy atom. The second kappa shape index (κ2) is 5.52. The van der Waals surface area contributed by atoms with E-state index in [-0.39, 0.29) is 17.2 Å². The van der Waals surface area contributed by atoms with Gasteiger partial charge in [-0.1, -0.05) is 20.8 Å². The quantitative estimate of drug-likeness (QED) is 0.820. The van der Waals surface area contributed by atoms with Crippen LogP contribution < -0.4 is 0 Å². The molecule has 1 aliphatic rings. The van der Waals surface area contributed by atoms with Crippen LogP contribution in [0.15, 0.2) is 0 Å². The van der Waals surface area contributed by atoms with Crippen LogP contribution in [0, 0.1) is 11.3 Å². The summed E-state index contributed by atoms with van der Waals surface area (Å²) in [7, 11) is 0. The number of likely N-dealkylation sites (tertiary alicyclic amines) is 1. The van der Waals surface area contributed by atoms with E-state index in [1.165, 1.54) is 0 Å². The van der Waals surface area contributed by atoms with Gasteiger partial charge in [0.1, 0.15) is 0 Å². The molecule has 0 aromatic rings. The number of carbonyl (C=O) groups is 2. The third-order valence-electron chi connectivity index (χ3n) is 3.21. The van der Waals surface area contributed by atoms with Crippen LogP contribution in [0.1, 0.15) is 46.5 Å². The summed E-state index contributed by atoms with van der Waals surface area (Å²) < 4.78 is 0. The lowest BCUT2D eigenvalue weighted by Crippen LogP contribution is -2.29. The molecule has 0 bridgehead atoms. The van der Waals surface area contributed by atoms with Gasteiger partial charge in [0.2, 0.25) is 5.91 Å². The zero-order valence-corrected chi connectivity index (χ0v) is 11.0. The molecule has 1 amide bonds. The van der Waals surface area contributed by atoms with Crippen molar-refractivity contribution < 1.29 is 14.7 Å². The van der Waals surface area contributed by atoms with Crippen LogP contribution in [-0.4, -0.2) is 35.0 Å². The standard InChI is InChI=1S/C13H23NO3/c1-13(2,3)7-4-5-11(15)14-8-6-10(9-14)12(16)17/h10H,4-9H2,1-3H3,(H,16,17). The Morgan fingerprint density at radius 3 is 2.47 bits per heavy atom. The molecular weight excluding hydrogens is 218 g/mol. The maximum atomic E-state index is 11.8. The van der Waals surface area contributed by atoms with E-state index in [9.17, 15) is 9.59 Å². The van der Waals surface area contributed by atoms with E-state index in [4.69, 9.17) is 5.11 Å². The van der Waals surface area contributed by atoms with Gasteiger partial charge in [0.25, 0.3) is 0 Å². The Morgan fingerprint density at radius 1 is 1.35 bits per heavy atom. The molecular formula is C13H23NO3. The van der Waals surface area contributed by atoms with Gasteiger partial charge in [-0.25, -0.2) is 0 Å². The lowest BCUT2D eigenvalue weighted by molar-refractivity contribution is -0.141. The molecule has 4 heteroatoms. The fraction of sp³-hybridized carbons (Fsp3) is 0.846. The lowest BCUT2D eigenvalue weighted by atomic mass is 9.90. The number of aliphatic carboxylic acids is 1. The van der Waals surface area contributed by atoms with Gasteiger partial charge < -0.3 is 10.0 Å². The van der Waals surface area contributed by atoms with Crippen LogP contribution >= 0.6 is 0 Å². The molecule has 1 N–H and O–H groups in total. The summed E-state index contributed by atoms with van der Waals surface area (Å²) in [5.41, 5.74) is 0.259. The van der Waals surface area contributed by atoms with Gasteiger partial charge in [-0.15, -0.1) is 0 Å². The SMILES string of the molecule is CC(C)(C)CCCC(=O)N1CCC(C(=O)O)C1. The third-order valence-corrected chi connectivity index (χ3v) is 3.21. The molecule has 1 rings (SSSR count). The van der Waals surface area contributed by atoms with Gasteiger partial charge in [0, 0.05) is 19.5 Å². The van der Waals surface area contributed by atoms with E-state index in [2.05, 4.69) is 20.8 Å². The van der Waals surface area contributed by atoms with Crippen molar-refractivity contribution in [2.24, 2.45) is 11.3 Å². The van der Waals surface area contributed by atoms with E-state index in [0.717, 1.165) is 12.8 Å². The highest BCUT2D eigenvalue weighted by Gasteiger charge is 2.30. The number of carbonyl (C=O) groups excluding carboxylic acids is 1. The highest BCUT2D eigenvalue weighted by atomic mass is 16.4. The van der Waals surface area contributed by atoms with Crippen molar-refractivity contribution in [1.82, 2.24) is 4.90 Å². The number of carboxylic acid groups (broad SMARTS) is 1. The van der Waals surface area contributed by atoms with Crippen LogP contribution in [0.5, 0.6) is 0 Å². The maximum Gasteiger partial charge on any atom is 0.308 e. The molecule has 1 saturated heterocycles. The average Bonchev–Trinajstić information content (AvgIpc) is 2.63. The molecule has 0 saturated carbocycles. The largest absolute Gasteiger partial charge is 0.481 e. The van der Waals surface area contributed by atoms with Crippen molar-refractivity contribution in [1.29, 1.82) is 0 Å². The molecule has 0 radical (unpaired) electrons. The van der Waals surface area contributed by atoms with Crippen molar-refractivity contribution >= 4 is 11.9 Å². The summed E-state index contributed by atoms with van der Waals surface area (Å²) in [6, 6.07) is 0. The number of nitrogens with zero attached hydrogens (tertiary/aromatic N) is 1. The van der Waals surface area contributed by atoms with E-state index in [1.807, 2.05) is 0 Å². The molecule has 1 atom stereocenters. The van der Waals surface area contributed by atoms with Crippen molar-refractivity contribution in [2.75, 3.05) is 13.1 Å². The minimum absolute atomic E-state index is 0.109. The first-order valence-electron chi connectivity index (χ1n) is 6.30. The first-order valence-corrected chi connectivity index (χ1v) is 6.30. The van der Waals surface area contributed by atoms with Crippen molar-refractivity contribution in [3.8, 4) is 0 Å². The van der Waals surface area contributed by atoms with Crippen molar-refractivity contribution in [2.45, 2.75) is 46.5 Å². The Bertz CT molecular complexity index is 294. The van der Waals surface area contributed by atoms with Crippen LogP contribution in [0.2, 0.25) is 0 Å². The van der Waals surface area contributed by atoms with Crippen molar-refractivity contribution in [3.63, 3.8) is 0 Å². The van der Waals surface area contributed by atoms with E-state index >= 15 is 0 Å². The molecule has 0 spiro atoms. The van der Waals surface area contributed by atoms with Crippen LogP contribution in [0.4, 0.5) is 0 Å². The predicted molar refractivity (Wildman–Crippen MR) is 65.6 cm³/mol. The molecule has 1 heterocycles. The summed E-state index contributed by atoms with van der Waals surface area (Å²) in [5.74, 6) is -1.03. The van der Waals surface area contributed by atoms with Crippen LogP contribution in [-0.2, 0) is 9.59 Å². The first kappa shape index (κ1) is 14.0. The second-order valence-electron chi connectivity index (χ2n) is 6.08.